The van der Waals surface area contributed by atoms with Crippen molar-refractivity contribution in [3.05, 3.63) is 29.3 Å². The lowest BCUT2D eigenvalue weighted by Crippen LogP contribution is -2.27. The van der Waals surface area contributed by atoms with Crippen LogP contribution in [0.3, 0.4) is 0 Å². The van der Waals surface area contributed by atoms with Crippen LogP contribution in [-0.2, 0) is 5.60 Å². The van der Waals surface area contributed by atoms with Crippen LogP contribution in [0.4, 0.5) is 0 Å². The molecule has 0 fully saturated rings. The van der Waals surface area contributed by atoms with Gasteiger partial charge < -0.3 is 9.84 Å². The molecule has 84 valence electrons. The van der Waals surface area contributed by atoms with E-state index in [2.05, 4.69) is 0 Å². The lowest BCUT2D eigenvalue weighted by Gasteiger charge is -2.28. The van der Waals surface area contributed by atoms with Crippen LogP contribution < -0.4 is 4.74 Å². The molecule has 0 bridgehead atoms. The average Bonchev–Trinajstić information content (AvgIpc) is 2.17. The third-order valence-corrected chi connectivity index (χ3v) is 3.10. The van der Waals surface area contributed by atoms with Gasteiger partial charge in [-0.1, -0.05) is 19.9 Å². The monoisotopic (exact) mass is 208 g/mol. The summed E-state index contributed by atoms with van der Waals surface area (Å²) in [7, 11) is 1.66. The number of hydrogen-bond acceptors (Lipinski definition) is 2. The van der Waals surface area contributed by atoms with Crippen LogP contribution in [0.15, 0.2) is 18.2 Å². The molecule has 0 radical (unpaired) electrons. The Morgan fingerprint density at radius 3 is 2.33 bits per heavy atom. The normalized spacial score (nSPS) is 15.1. The maximum Gasteiger partial charge on any atom is 0.121 e. The van der Waals surface area contributed by atoms with Crippen molar-refractivity contribution in [3.8, 4) is 5.75 Å². The second kappa shape index (κ2) is 4.23. The van der Waals surface area contributed by atoms with E-state index in [-0.39, 0.29) is 5.92 Å². The van der Waals surface area contributed by atoms with Crippen LogP contribution in [0, 0.1) is 12.8 Å². The van der Waals surface area contributed by atoms with Gasteiger partial charge in [-0.25, -0.2) is 0 Å². The predicted molar refractivity (Wildman–Crippen MR) is 62.1 cm³/mol. The van der Waals surface area contributed by atoms with Gasteiger partial charge in [0.05, 0.1) is 12.7 Å². The Morgan fingerprint density at radius 1 is 1.33 bits per heavy atom. The summed E-state index contributed by atoms with van der Waals surface area (Å²) in [6, 6.07) is 5.81. The maximum absolute atomic E-state index is 10.3. The van der Waals surface area contributed by atoms with E-state index in [0.717, 1.165) is 16.9 Å². The van der Waals surface area contributed by atoms with Crippen LogP contribution in [0.25, 0.3) is 0 Å². The Labute approximate surface area is 91.9 Å². The van der Waals surface area contributed by atoms with Crippen molar-refractivity contribution in [1.82, 2.24) is 0 Å². The number of aryl methyl sites for hydroxylation is 1. The maximum atomic E-state index is 10.3. The fourth-order valence-electron chi connectivity index (χ4n) is 1.53. The molecule has 0 aliphatic heterocycles. The molecule has 15 heavy (non-hydrogen) atoms. The van der Waals surface area contributed by atoms with Gasteiger partial charge in [0, 0.05) is 0 Å². The first-order chi connectivity index (χ1) is 6.89. The molecule has 2 nitrogen and oxygen atoms in total. The van der Waals surface area contributed by atoms with E-state index in [9.17, 15) is 5.11 Å². The molecule has 0 spiro atoms. The van der Waals surface area contributed by atoms with E-state index < -0.39 is 5.60 Å². The Balaban J connectivity index is 3.12. The van der Waals surface area contributed by atoms with E-state index in [4.69, 9.17) is 4.74 Å². The summed E-state index contributed by atoms with van der Waals surface area (Å²) in [6.45, 7) is 7.86. The van der Waals surface area contributed by atoms with Crippen LogP contribution in [-0.4, -0.2) is 12.2 Å². The Bertz CT molecular complexity index is 340. The molecule has 0 aromatic heterocycles. The van der Waals surface area contributed by atoms with Crippen molar-refractivity contribution >= 4 is 0 Å². The van der Waals surface area contributed by atoms with E-state index in [1.54, 1.807) is 7.11 Å². The minimum Gasteiger partial charge on any atom is -0.496 e. The van der Waals surface area contributed by atoms with Gasteiger partial charge in [-0.2, -0.15) is 0 Å². The van der Waals surface area contributed by atoms with Gasteiger partial charge in [-0.05, 0) is 43.0 Å². The zero-order chi connectivity index (χ0) is 11.6. The molecule has 1 N–H and O–H groups in total. The lowest BCUT2D eigenvalue weighted by atomic mass is 9.84. The topological polar surface area (TPSA) is 29.5 Å². The fraction of sp³-hybridized carbons (Fsp3) is 0.538. The Morgan fingerprint density at radius 2 is 1.93 bits per heavy atom. The molecule has 2 heteroatoms. The van der Waals surface area contributed by atoms with Gasteiger partial charge in [-0.3, -0.25) is 0 Å². The molecule has 0 saturated heterocycles. The smallest absolute Gasteiger partial charge is 0.121 e. The molecule has 1 aromatic carbocycles. The summed E-state index contributed by atoms with van der Waals surface area (Å²) in [5.41, 5.74) is 1.21. The first-order valence-corrected chi connectivity index (χ1v) is 5.27. The summed E-state index contributed by atoms with van der Waals surface area (Å²) in [5.74, 6) is 1.05. The SMILES string of the molecule is COc1ccc([C@@](C)(O)C(C)C)cc1C. The van der Waals surface area contributed by atoms with Crippen molar-refractivity contribution in [2.45, 2.75) is 33.3 Å². The van der Waals surface area contributed by atoms with Gasteiger partial charge in [0.2, 0.25) is 0 Å². The number of methoxy groups -OCH3 is 1. The zero-order valence-electron chi connectivity index (χ0n) is 10.2. The first kappa shape index (κ1) is 12.1. The Kier molecular flexibility index (Phi) is 3.40. The highest BCUT2D eigenvalue weighted by Gasteiger charge is 2.27. The van der Waals surface area contributed by atoms with Crippen LogP contribution in [0.5, 0.6) is 5.75 Å². The highest BCUT2D eigenvalue weighted by molar-refractivity contribution is 5.38. The number of rotatable bonds is 3. The van der Waals surface area contributed by atoms with Gasteiger partial charge >= 0.3 is 0 Å². The number of aliphatic hydroxyl groups is 1. The highest BCUT2D eigenvalue weighted by Crippen LogP contribution is 2.31. The summed E-state index contributed by atoms with van der Waals surface area (Å²) < 4.78 is 5.19. The first-order valence-electron chi connectivity index (χ1n) is 5.27. The van der Waals surface area contributed by atoms with E-state index in [0.29, 0.717) is 0 Å². The van der Waals surface area contributed by atoms with Crippen molar-refractivity contribution in [1.29, 1.82) is 0 Å². The van der Waals surface area contributed by atoms with E-state index in [1.165, 1.54) is 0 Å². The quantitative estimate of drug-likeness (QED) is 0.827. The minimum absolute atomic E-state index is 0.185. The lowest BCUT2D eigenvalue weighted by molar-refractivity contribution is 0.00896. The summed E-state index contributed by atoms with van der Waals surface area (Å²) in [6.07, 6.45) is 0. The number of benzene rings is 1. The number of ether oxygens (including phenoxy) is 1. The standard InChI is InChI=1S/C13H20O2/c1-9(2)13(4,14)11-6-7-12(15-5)10(3)8-11/h6-9,14H,1-5H3/t13-/m0/s1. The summed E-state index contributed by atoms with van der Waals surface area (Å²) >= 11 is 0. The second-order valence-corrected chi connectivity index (χ2v) is 4.49. The third-order valence-electron chi connectivity index (χ3n) is 3.10. The van der Waals surface area contributed by atoms with Crippen LogP contribution in [0.1, 0.15) is 31.9 Å². The summed E-state index contributed by atoms with van der Waals surface area (Å²) in [4.78, 5) is 0. The number of hydrogen-bond donors (Lipinski definition) is 1. The highest BCUT2D eigenvalue weighted by atomic mass is 16.5. The molecule has 0 heterocycles. The molecule has 0 aliphatic carbocycles. The molecule has 1 aromatic rings. The molecular formula is C13H20O2. The van der Waals surface area contributed by atoms with E-state index in [1.807, 2.05) is 45.9 Å². The fourth-order valence-corrected chi connectivity index (χ4v) is 1.53. The molecule has 1 atom stereocenters. The molecule has 0 amide bonds. The third kappa shape index (κ3) is 2.32. The average molecular weight is 208 g/mol. The van der Waals surface area contributed by atoms with Gasteiger partial charge in [-0.15, -0.1) is 0 Å². The van der Waals surface area contributed by atoms with Crippen molar-refractivity contribution in [2.75, 3.05) is 7.11 Å². The predicted octanol–water partition coefficient (Wildman–Crippen LogP) is 2.87. The van der Waals surface area contributed by atoms with Gasteiger partial charge in [0.25, 0.3) is 0 Å². The largest absolute Gasteiger partial charge is 0.496 e. The zero-order valence-corrected chi connectivity index (χ0v) is 10.2. The van der Waals surface area contributed by atoms with Gasteiger partial charge in [0.15, 0.2) is 0 Å². The molecule has 0 saturated carbocycles. The molecular weight excluding hydrogens is 188 g/mol. The molecule has 1 rings (SSSR count). The Hall–Kier alpha value is -1.02. The molecule has 0 unspecified atom stereocenters. The summed E-state index contributed by atoms with van der Waals surface area (Å²) in [5, 5.41) is 10.3. The second-order valence-electron chi connectivity index (χ2n) is 4.49. The van der Waals surface area contributed by atoms with Crippen molar-refractivity contribution < 1.29 is 9.84 Å². The van der Waals surface area contributed by atoms with Crippen LogP contribution >= 0.6 is 0 Å². The van der Waals surface area contributed by atoms with E-state index >= 15 is 0 Å². The van der Waals surface area contributed by atoms with Crippen molar-refractivity contribution in [2.24, 2.45) is 5.92 Å². The van der Waals surface area contributed by atoms with Crippen LogP contribution in [0.2, 0.25) is 0 Å². The molecule has 0 aliphatic rings. The minimum atomic E-state index is -0.781. The van der Waals surface area contributed by atoms with Crippen molar-refractivity contribution in [3.63, 3.8) is 0 Å². The van der Waals surface area contributed by atoms with Gasteiger partial charge in [0.1, 0.15) is 5.75 Å².